The number of aryl methyl sites for hydroxylation is 1. The van der Waals surface area contributed by atoms with Crippen molar-refractivity contribution >= 4 is 21.4 Å². The van der Waals surface area contributed by atoms with Crippen LogP contribution in [-0.2, 0) is 10.0 Å². The molecule has 1 saturated heterocycles. The first-order chi connectivity index (χ1) is 15.8. The van der Waals surface area contributed by atoms with Crippen LogP contribution < -0.4 is 14.4 Å². The van der Waals surface area contributed by atoms with Crippen LogP contribution in [0.3, 0.4) is 0 Å². The second-order valence-electron chi connectivity index (χ2n) is 8.73. The fourth-order valence-electron chi connectivity index (χ4n) is 4.63. The summed E-state index contributed by atoms with van der Waals surface area (Å²) in [5, 5.41) is 11.5. The van der Waals surface area contributed by atoms with Gasteiger partial charge in [-0.1, -0.05) is 42.0 Å². The van der Waals surface area contributed by atoms with E-state index in [0.717, 1.165) is 16.9 Å². The monoisotopic (exact) mass is 465 g/mol. The molecule has 5 rings (SSSR count). The average molecular weight is 466 g/mol. The molecule has 0 bridgehead atoms. The molecule has 2 aliphatic heterocycles. The topological polar surface area (TPSA) is 82.1 Å². The maximum atomic E-state index is 13.1. The first-order valence-corrected chi connectivity index (χ1v) is 12.4. The van der Waals surface area contributed by atoms with Crippen LogP contribution in [0.4, 0.5) is 11.4 Å². The molecule has 0 amide bonds. The number of para-hydroxylation sites is 4. The number of hydrogen-bond donors (Lipinski definition) is 2. The van der Waals surface area contributed by atoms with E-state index in [4.69, 9.17) is 4.74 Å². The Hall–Kier alpha value is -2.91. The Morgan fingerprint density at radius 2 is 1.48 bits per heavy atom. The molecule has 3 aromatic carbocycles. The van der Waals surface area contributed by atoms with Gasteiger partial charge in [-0.2, -0.15) is 0 Å². The number of likely N-dealkylation sites (N-methyl/N-ethyl adjacent to an activating group) is 1. The van der Waals surface area contributed by atoms with Crippen molar-refractivity contribution < 1.29 is 18.3 Å². The van der Waals surface area contributed by atoms with Crippen molar-refractivity contribution in [3.05, 3.63) is 78.4 Å². The van der Waals surface area contributed by atoms with E-state index in [1.54, 1.807) is 24.3 Å². The van der Waals surface area contributed by atoms with Crippen molar-refractivity contribution in [3.8, 4) is 11.5 Å². The summed E-state index contributed by atoms with van der Waals surface area (Å²) in [5.41, 5.74) is 2.67. The number of fused-ring (bicyclic) bond motifs is 2. The molecule has 0 aliphatic carbocycles. The number of hydrogen-bond acceptors (Lipinski definition) is 6. The third kappa shape index (κ3) is 4.11. The Bertz CT molecular complexity index is 1220. The van der Waals surface area contributed by atoms with E-state index in [1.807, 2.05) is 67.4 Å². The van der Waals surface area contributed by atoms with Gasteiger partial charge in [0, 0.05) is 13.1 Å². The van der Waals surface area contributed by atoms with Crippen LogP contribution >= 0.6 is 0 Å². The highest BCUT2D eigenvalue weighted by Crippen LogP contribution is 2.48. The fraction of sp³-hybridized carbons (Fsp3) is 0.280. The minimum absolute atomic E-state index is 0.187. The summed E-state index contributed by atoms with van der Waals surface area (Å²) in [6.07, 6.45) is -0.944. The highest BCUT2D eigenvalue weighted by molar-refractivity contribution is 7.89. The molecule has 0 radical (unpaired) electrons. The van der Waals surface area contributed by atoms with Crippen LogP contribution in [0.5, 0.6) is 11.5 Å². The molecule has 172 valence electrons. The maximum Gasteiger partial charge on any atom is 0.240 e. The number of piperidine rings is 1. The molecule has 2 N–H and O–H groups in total. The van der Waals surface area contributed by atoms with E-state index >= 15 is 0 Å². The van der Waals surface area contributed by atoms with Gasteiger partial charge in [0.15, 0.2) is 11.5 Å². The Kier molecular flexibility index (Phi) is 5.62. The summed E-state index contributed by atoms with van der Waals surface area (Å²) in [6.45, 7) is 2.87. The standard InChI is InChI=1S/C25H27N3O4S/c1-17-11-13-18(14-12-17)33(30,31)26-19-15-27(2)16-22(25(19)29)28-20-7-3-5-9-23(20)32-24-10-6-4-8-21(24)28/h3-14,19,22,25-26,29H,15-16H2,1-2H3/t19-,22+,25+/m1/s1. The van der Waals surface area contributed by atoms with Crippen molar-refractivity contribution in [1.82, 2.24) is 9.62 Å². The highest BCUT2D eigenvalue weighted by Gasteiger charge is 2.42. The van der Waals surface area contributed by atoms with Crippen LogP contribution in [0.1, 0.15) is 5.56 Å². The lowest BCUT2D eigenvalue weighted by Crippen LogP contribution is -2.64. The van der Waals surface area contributed by atoms with Gasteiger partial charge in [0.05, 0.1) is 34.5 Å². The molecule has 0 saturated carbocycles. The third-order valence-corrected chi connectivity index (χ3v) is 7.76. The van der Waals surface area contributed by atoms with Gasteiger partial charge in [0.1, 0.15) is 0 Å². The number of sulfonamides is 1. The van der Waals surface area contributed by atoms with E-state index in [2.05, 4.69) is 9.62 Å². The van der Waals surface area contributed by atoms with Crippen LogP contribution in [0.25, 0.3) is 0 Å². The number of nitrogens with one attached hydrogen (secondary N) is 1. The summed E-state index contributed by atoms with van der Waals surface area (Å²) in [6, 6.07) is 21.0. The quantitative estimate of drug-likeness (QED) is 0.616. The van der Waals surface area contributed by atoms with Gasteiger partial charge in [0.25, 0.3) is 0 Å². The molecule has 1 fully saturated rings. The second kappa shape index (κ2) is 8.46. The Morgan fingerprint density at radius 1 is 0.909 bits per heavy atom. The van der Waals surface area contributed by atoms with Crippen molar-refractivity contribution in [1.29, 1.82) is 0 Å². The Balaban J connectivity index is 1.49. The van der Waals surface area contributed by atoms with Gasteiger partial charge in [-0.3, -0.25) is 0 Å². The van der Waals surface area contributed by atoms with Crippen LogP contribution in [0, 0.1) is 6.92 Å². The maximum absolute atomic E-state index is 13.1. The van der Waals surface area contributed by atoms with Crippen LogP contribution in [0.15, 0.2) is 77.7 Å². The normalized spacial score (nSPS) is 22.9. The summed E-state index contributed by atoms with van der Waals surface area (Å²) < 4.78 is 35.0. The molecule has 0 spiro atoms. The van der Waals surface area contributed by atoms with Crippen molar-refractivity contribution in [2.75, 3.05) is 25.0 Å². The number of benzene rings is 3. The first-order valence-electron chi connectivity index (χ1n) is 10.9. The molecule has 0 aromatic heterocycles. The van der Waals surface area contributed by atoms with Crippen molar-refractivity contribution in [3.63, 3.8) is 0 Å². The minimum atomic E-state index is -3.79. The molecule has 3 aromatic rings. The molecule has 33 heavy (non-hydrogen) atoms. The number of likely N-dealkylation sites (tertiary alicyclic amines) is 1. The Labute approximate surface area is 194 Å². The molecule has 0 unspecified atom stereocenters. The summed E-state index contributed by atoms with van der Waals surface area (Å²) in [7, 11) is -1.85. The van der Waals surface area contributed by atoms with E-state index in [1.165, 1.54) is 0 Å². The van der Waals surface area contributed by atoms with Gasteiger partial charge in [-0.25, -0.2) is 13.1 Å². The summed E-state index contributed by atoms with van der Waals surface area (Å²) >= 11 is 0. The lowest BCUT2D eigenvalue weighted by molar-refractivity contribution is 0.0474. The van der Waals surface area contributed by atoms with E-state index in [9.17, 15) is 13.5 Å². The van der Waals surface area contributed by atoms with E-state index in [-0.39, 0.29) is 10.9 Å². The van der Waals surface area contributed by atoms with Gasteiger partial charge < -0.3 is 19.6 Å². The molecule has 2 heterocycles. The van der Waals surface area contributed by atoms with Crippen LogP contribution in [-0.4, -0.2) is 56.7 Å². The third-order valence-electron chi connectivity index (χ3n) is 6.25. The molecule has 2 aliphatic rings. The number of ether oxygens (including phenoxy) is 1. The van der Waals surface area contributed by atoms with Crippen molar-refractivity contribution in [2.24, 2.45) is 0 Å². The Morgan fingerprint density at radius 3 is 2.09 bits per heavy atom. The molecule has 7 nitrogen and oxygen atoms in total. The zero-order valence-electron chi connectivity index (χ0n) is 18.5. The average Bonchev–Trinajstić information content (AvgIpc) is 2.80. The highest BCUT2D eigenvalue weighted by atomic mass is 32.2. The fourth-order valence-corrected chi connectivity index (χ4v) is 5.87. The second-order valence-corrected chi connectivity index (χ2v) is 10.4. The summed E-state index contributed by atoms with van der Waals surface area (Å²) in [4.78, 5) is 4.30. The SMILES string of the molecule is Cc1ccc(S(=O)(=O)N[C@@H]2CN(C)C[C@H](N3c4ccccc4Oc4ccccc43)[C@H]2O)cc1. The molecule has 8 heteroatoms. The number of aliphatic hydroxyl groups excluding tert-OH is 1. The van der Waals surface area contributed by atoms with Gasteiger partial charge in [-0.05, 0) is 50.4 Å². The lowest BCUT2D eigenvalue weighted by Gasteiger charge is -2.47. The summed E-state index contributed by atoms with van der Waals surface area (Å²) in [5.74, 6) is 1.40. The molecular weight excluding hydrogens is 438 g/mol. The van der Waals surface area contributed by atoms with E-state index in [0.29, 0.717) is 24.6 Å². The first kappa shape index (κ1) is 21.9. The predicted molar refractivity (Wildman–Crippen MR) is 128 cm³/mol. The largest absolute Gasteiger partial charge is 0.453 e. The lowest BCUT2D eigenvalue weighted by atomic mass is 9.95. The van der Waals surface area contributed by atoms with Gasteiger partial charge in [-0.15, -0.1) is 0 Å². The molecule has 3 atom stereocenters. The number of nitrogens with zero attached hydrogens (tertiary/aromatic N) is 2. The molecular formula is C25H27N3O4S. The number of rotatable bonds is 4. The predicted octanol–water partition coefficient (Wildman–Crippen LogP) is 3.26. The smallest absolute Gasteiger partial charge is 0.240 e. The van der Waals surface area contributed by atoms with Crippen LogP contribution in [0.2, 0.25) is 0 Å². The number of anilines is 2. The van der Waals surface area contributed by atoms with Gasteiger partial charge in [0.2, 0.25) is 10.0 Å². The minimum Gasteiger partial charge on any atom is -0.453 e. The zero-order valence-corrected chi connectivity index (χ0v) is 19.4. The van der Waals surface area contributed by atoms with Crippen molar-refractivity contribution in [2.45, 2.75) is 30.0 Å². The zero-order chi connectivity index (χ0) is 23.2. The van der Waals surface area contributed by atoms with E-state index < -0.39 is 22.2 Å². The number of aliphatic hydroxyl groups is 1. The van der Waals surface area contributed by atoms with Gasteiger partial charge >= 0.3 is 0 Å².